The molecule has 1 heterocycles. The number of nitrogens with two attached hydrogens (primary N) is 1. The van der Waals surface area contributed by atoms with Crippen molar-refractivity contribution in [3.05, 3.63) is 35.9 Å². The summed E-state index contributed by atoms with van der Waals surface area (Å²) in [6.07, 6.45) is -0.763. The zero-order valence-corrected chi connectivity index (χ0v) is 30.3. The Hall–Kier alpha value is -5.06. The summed E-state index contributed by atoms with van der Waals surface area (Å²) >= 11 is 0. The van der Waals surface area contributed by atoms with E-state index in [2.05, 4.69) is 21.3 Å². The number of benzene rings is 1. The third kappa shape index (κ3) is 14.3. The van der Waals surface area contributed by atoms with Crippen molar-refractivity contribution in [1.82, 2.24) is 26.2 Å². The summed E-state index contributed by atoms with van der Waals surface area (Å²) in [5, 5.41) is 18.8. The monoisotopic (exact) mass is 732 g/mol. The van der Waals surface area contributed by atoms with Crippen molar-refractivity contribution in [3.8, 4) is 0 Å². The van der Waals surface area contributed by atoms with Gasteiger partial charge in [-0.3, -0.25) is 28.8 Å². The van der Waals surface area contributed by atoms with Crippen LogP contribution in [-0.4, -0.2) is 114 Å². The standard InChI is InChI=1S/C35H52N6O11/c1-6-10-24(30(45)33(48)37-16-27(42)38-25(31(36)46)14-13-22-11-8-7-9-12-22)39-32(47)26-15-23(51-19-28(43)44)17-41(26)34(49)29(21(4)5)40-35(50)52-18-20(2)3/h7-9,11-12,20-21,23-26,29H,6,10,13-19H2,1-5H3,(H2,36,46)(H,37,48)(H,38,42)(H,39,47)(H,40,50)(H,43,44)/t23-,24?,25?,26+,29?/m1/s1. The zero-order chi connectivity index (χ0) is 39.0. The lowest BCUT2D eigenvalue weighted by Gasteiger charge is -2.31. The predicted octanol–water partition coefficient (Wildman–Crippen LogP) is 0.0370. The maximum atomic E-state index is 13.8. The number of primary amides is 1. The van der Waals surface area contributed by atoms with E-state index in [1.165, 1.54) is 0 Å². The molecule has 0 saturated carbocycles. The summed E-state index contributed by atoms with van der Waals surface area (Å²) in [5.41, 5.74) is 6.38. The van der Waals surface area contributed by atoms with Gasteiger partial charge >= 0.3 is 12.1 Å². The SMILES string of the molecule is CCCC(NC(=O)[C@@H]1C[C@@H](OCC(=O)O)CN1C(=O)C(NC(=O)OCC(C)C)C(C)C)C(=O)C(=O)NCC(=O)NC(CCc1ccccc1)C(N)=O. The minimum Gasteiger partial charge on any atom is -0.480 e. The van der Waals surface area contributed by atoms with Crippen molar-refractivity contribution in [2.75, 3.05) is 26.3 Å². The minimum atomic E-state index is -1.34. The van der Waals surface area contributed by atoms with E-state index in [4.69, 9.17) is 20.3 Å². The quantitative estimate of drug-likeness (QED) is 0.0920. The highest BCUT2D eigenvalue weighted by Crippen LogP contribution is 2.24. The number of carbonyl (C=O) groups excluding carboxylic acids is 7. The van der Waals surface area contributed by atoms with Gasteiger partial charge in [-0.1, -0.05) is 71.4 Å². The second kappa shape index (κ2) is 21.3. The van der Waals surface area contributed by atoms with Crippen LogP contribution in [0.1, 0.15) is 65.9 Å². The van der Waals surface area contributed by atoms with Gasteiger partial charge in [-0.2, -0.15) is 0 Å². The number of likely N-dealkylation sites (tertiary alicyclic amines) is 1. The number of nitrogens with zero attached hydrogens (tertiary/aromatic N) is 1. The highest BCUT2D eigenvalue weighted by molar-refractivity contribution is 6.38. The lowest BCUT2D eigenvalue weighted by Crippen LogP contribution is -2.57. The Morgan fingerprint density at radius 2 is 1.62 bits per heavy atom. The molecule has 1 aliphatic rings. The van der Waals surface area contributed by atoms with Crippen LogP contribution in [0, 0.1) is 11.8 Å². The number of aryl methyl sites for hydroxylation is 1. The van der Waals surface area contributed by atoms with Crippen LogP contribution >= 0.6 is 0 Å². The van der Waals surface area contributed by atoms with Crippen LogP contribution in [0.4, 0.5) is 4.79 Å². The molecule has 17 heteroatoms. The van der Waals surface area contributed by atoms with E-state index in [1.807, 2.05) is 44.2 Å². The molecule has 6 amide bonds. The molecule has 0 spiro atoms. The fourth-order valence-electron chi connectivity index (χ4n) is 5.42. The van der Waals surface area contributed by atoms with E-state index in [0.29, 0.717) is 12.8 Å². The van der Waals surface area contributed by atoms with Gasteiger partial charge in [0.2, 0.25) is 29.4 Å². The van der Waals surface area contributed by atoms with Gasteiger partial charge in [0.15, 0.2) is 0 Å². The van der Waals surface area contributed by atoms with E-state index in [9.17, 15) is 38.4 Å². The molecule has 1 aliphatic heterocycles. The number of Topliss-reactive ketones (excluding diaryl/α,β-unsaturated/α-hetero) is 1. The number of ether oxygens (including phenoxy) is 2. The molecule has 288 valence electrons. The number of amides is 6. The molecule has 5 atom stereocenters. The van der Waals surface area contributed by atoms with Gasteiger partial charge < -0.3 is 46.5 Å². The third-order valence-corrected chi connectivity index (χ3v) is 8.13. The van der Waals surface area contributed by atoms with Crippen LogP contribution in [0.15, 0.2) is 30.3 Å². The van der Waals surface area contributed by atoms with Crippen LogP contribution < -0.4 is 27.0 Å². The topological polar surface area (TPSA) is 253 Å². The number of carbonyl (C=O) groups is 8. The normalized spacial score (nSPS) is 17.1. The zero-order valence-electron chi connectivity index (χ0n) is 30.3. The van der Waals surface area contributed by atoms with E-state index in [-0.39, 0.29) is 38.3 Å². The van der Waals surface area contributed by atoms with E-state index < -0.39 is 96.7 Å². The van der Waals surface area contributed by atoms with Crippen molar-refractivity contribution < 1.29 is 52.9 Å². The lowest BCUT2D eigenvalue weighted by atomic mass is 10.0. The minimum absolute atomic E-state index is 0.0326. The summed E-state index contributed by atoms with van der Waals surface area (Å²) < 4.78 is 10.6. The number of nitrogens with one attached hydrogen (secondary N) is 4. The summed E-state index contributed by atoms with van der Waals surface area (Å²) in [5.74, 6) is -6.87. The molecule has 1 aromatic carbocycles. The van der Waals surface area contributed by atoms with Gasteiger partial charge in [0.05, 0.1) is 25.3 Å². The Morgan fingerprint density at radius 1 is 0.942 bits per heavy atom. The maximum absolute atomic E-state index is 13.8. The number of hydrogen-bond donors (Lipinski definition) is 6. The molecular weight excluding hydrogens is 680 g/mol. The van der Waals surface area contributed by atoms with E-state index in [0.717, 1.165) is 10.5 Å². The molecule has 0 radical (unpaired) electrons. The van der Waals surface area contributed by atoms with Gasteiger partial charge in [0, 0.05) is 13.0 Å². The van der Waals surface area contributed by atoms with Crippen LogP contribution in [0.2, 0.25) is 0 Å². The second-order valence-electron chi connectivity index (χ2n) is 13.4. The highest BCUT2D eigenvalue weighted by atomic mass is 16.5. The average Bonchev–Trinajstić information content (AvgIpc) is 3.53. The number of ketones is 1. The van der Waals surface area contributed by atoms with Gasteiger partial charge in [0.25, 0.3) is 5.91 Å². The maximum Gasteiger partial charge on any atom is 0.407 e. The number of carboxylic acids is 1. The summed E-state index contributed by atoms with van der Waals surface area (Å²) in [7, 11) is 0. The molecule has 7 N–H and O–H groups in total. The largest absolute Gasteiger partial charge is 0.480 e. The Balaban J connectivity index is 2.12. The fraction of sp³-hybridized carbons (Fsp3) is 0.600. The number of alkyl carbamates (subject to hydrolysis) is 1. The van der Waals surface area contributed by atoms with Crippen LogP contribution in [-0.2, 0) is 49.5 Å². The van der Waals surface area contributed by atoms with Crippen LogP contribution in [0.5, 0.6) is 0 Å². The Morgan fingerprint density at radius 3 is 2.19 bits per heavy atom. The molecule has 52 heavy (non-hydrogen) atoms. The molecule has 1 aromatic rings. The van der Waals surface area contributed by atoms with Crippen molar-refractivity contribution >= 4 is 47.4 Å². The van der Waals surface area contributed by atoms with Gasteiger partial charge in [-0.15, -0.1) is 0 Å². The second-order valence-corrected chi connectivity index (χ2v) is 13.4. The summed E-state index contributed by atoms with van der Waals surface area (Å²) in [4.78, 5) is 103. The molecule has 0 aromatic heterocycles. The smallest absolute Gasteiger partial charge is 0.407 e. The third-order valence-electron chi connectivity index (χ3n) is 8.13. The van der Waals surface area contributed by atoms with Crippen molar-refractivity contribution in [3.63, 3.8) is 0 Å². The van der Waals surface area contributed by atoms with Gasteiger partial charge in [-0.25, -0.2) is 9.59 Å². The molecule has 0 bridgehead atoms. The molecule has 3 unspecified atom stereocenters. The molecule has 0 aliphatic carbocycles. The van der Waals surface area contributed by atoms with E-state index in [1.54, 1.807) is 20.8 Å². The lowest BCUT2D eigenvalue weighted by molar-refractivity contribution is -0.144. The highest BCUT2D eigenvalue weighted by Gasteiger charge is 2.44. The summed E-state index contributed by atoms with van der Waals surface area (Å²) in [6, 6.07) is 4.49. The molecule has 2 rings (SSSR count). The number of rotatable bonds is 21. The Kier molecular flexibility index (Phi) is 17.7. The first-order chi connectivity index (χ1) is 24.5. The van der Waals surface area contributed by atoms with Crippen molar-refractivity contribution in [2.24, 2.45) is 17.6 Å². The summed E-state index contributed by atoms with van der Waals surface area (Å²) in [6.45, 7) is 7.36. The number of carboxylic acid groups (broad SMARTS) is 1. The number of aliphatic carboxylic acids is 1. The molecule has 1 saturated heterocycles. The van der Waals surface area contributed by atoms with Crippen LogP contribution in [0.25, 0.3) is 0 Å². The first-order valence-electron chi connectivity index (χ1n) is 17.4. The first-order valence-corrected chi connectivity index (χ1v) is 17.4. The van der Waals surface area contributed by atoms with E-state index >= 15 is 0 Å². The molecule has 17 nitrogen and oxygen atoms in total. The predicted molar refractivity (Wildman–Crippen MR) is 186 cm³/mol. The number of hydrogen-bond acceptors (Lipinski definition) is 10. The Bertz CT molecular complexity index is 1420. The fourth-order valence-corrected chi connectivity index (χ4v) is 5.42. The Labute approximate surface area is 303 Å². The van der Waals surface area contributed by atoms with Crippen LogP contribution in [0.3, 0.4) is 0 Å². The molecular formula is C35H52N6O11. The molecule has 1 fully saturated rings. The average molecular weight is 733 g/mol. The van der Waals surface area contributed by atoms with Crippen molar-refractivity contribution in [1.29, 1.82) is 0 Å². The van der Waals surface area contributed by atoms with Gasteiger partial charge in [0.1, 0.15) is 24.7 Å². The van der Waals surface area contributed by atoms with Crippen molar-refractivity contribution in [2.45, 2.75) is 97.0 Å². The van der Waals surface area contributed by atoms with Gasteiger partial charge in [-0.05, 0) is 36.7 Å². The first kappa shape index (κ1) is 43.1.